The molecule has 3 atom stereocenters. The zero-order chi connectivity index (χ0) is 23.5. The number of rotatable bonds is 6. The molecule has 3 heteroatoms. The quantitative estimate of drug-likeness (QED) is 0.297. The van der Waals surface area contributed by atoms with E-state index in [4.69, 9.17) is 0 Å². The Morgan fingerprint density at radius 1 is 0.455 bits per heavy atom. The Morgan fingerprint density at radius 2 is 0.879 bits per heavy atom. The molecule has 0 aliphatic carbocycles. The van der Waals surface area contributed by atoms with Gasteiger partial charge in [0, 0.05) is 40.0 Å². The van der Waals surface area contributed by atoms with Crippen molar-refractivity contribution in [3.63, 3.8) is 0 Å². The number of phenols is 3. The van der Waals surface area contributed by atoms with E-state index in [0.717, 1.165) is 27.8 Å². The summed E-state index contributed by atoms with van der Waals surface area (Å²) in [7, 11) is 0. The van der Waals surface area contributed by atoms with E-state index in [1.807, 2.05) is 68.4 Å². The monoisotopic (exact) mass is 438 g/mol. The molecule has 33 heavy (non-hydrogen) atoms. The van der Waals surface area contributed by atoms with Gasteiger partial charge >= 0.3 is 0 Å². The SMILES string of the molecule is CC(c1ccccc1)c1cc(C(C)c2ccccc2O)c(O)c(C(C)c2ccccc2O)c1. The topological polar surface area (TPSA) is 60.7 Å². The van der Waals surface area contributed by atoms with Gasteiger partial charge in [-0.25, -0.2) is 0 Å². The van der Waals surface area contributed by atoms with E-state index in [0.29, 0.717) is 0 Å². The van der Waals surface area contributed by atoms with E-state index in [1.165, 1.54) is 5.56 Å². The molecule has 4 aromatic carbocycles. The van der Waals surface area contributed by atoms with Crippen molar-refractivity contribution in [2.75, 3.05) is 0 Å². The first-order valence-electron chi connectivity index (χ1n) is 11.4. The maximum absolute atomic E-state index is 11.4. The maximum Gasteiger partial charge on any atom is 0.123 e. The van der Waals surface area contributed by atoms with Gasteiger partial charge in [-0.05, 0) is 23.3 Å². The van der Waals surface area contributed by atoms with Crippen molar-refractivity contribution in [3.05, 3.63) is 124 Å². The Kier molecular flexibility index (Phi) is 6.41. The summed E-state index contributed by atoms with van der Waals surface area (Å²) in [5, 5.41) is 32.4. The summed E-state index contributed by atoms with van der Waals surface area (Å²) >= 11 is 0. The molecule has 0 spiro atoms. The van der Waals surface area contributed by atoms with Crippen LogP contribution in [0.15, 0.2) is 91.0 Å². The Balaban J connectivity index is 1.89. The van der Waals surface area contributed by atoms with Crippen LogP contribution in [0.2, 0.25) is 0 Å². The second kappa shape index (κ2) is 9.41. The van der Waals surface area contributed by atoms with Crippen LogP contribution >= 0.6 is 0 Å². The van der Waals surface area contributed by atoms with Crippen LogP contribution < -0.4 is 0 Å². The normalized spacial score (nSPS) is 13.9. The molecule has 4 rings (SSSR count). The molecular formula is C30H30O3. The minimum atomic E-state index is -0.218. The molecule has 3 nitrogen and oxygen atoms in total. The molecule has 3 unspecified atom stereocenters. The Hall–Kier alpha value is -3.72. The molecule has 0 saturated heterocycles. The summed E-state index contributed by atoms with van der Waals surface area (Å²) in [5.41, 5.74) is 5.30. The summed E-state index contributed by atoms with van der Waals surface area (Å²) in [5.74, 6) is 0.291. The van der Waals surface area contributed by atoms with Crippen LogP contribution in [0.5, 0.6) is 17.2 Å². The van der Waals surface area contributed by atoms with E-state index in [2.05, 4.69) is 19.1 Å². The number of aromatic hydroxyl groups is 3. The third kappa shape index (κ3) is 4.45. The molecule has 0 heterocycles. The predicted octanol–water partition coefficient (Wildman–Crippen LogP) is 7.26. The lowest BCUT2D eigenvalue weighted by molar-refractivity contribution is 0.447. The summed E-state index contributed by atoms with van der Waals surface area (Å²) < 4.78 is 0. The summed E-state index contributed by atoms with van der Waals surface area (Å²) in [6.07, 6.45) is 0. The largest absolute Gasteiger partial charge is 0.508 e. The summed E-state index contributed by atoms with van der Waals surface area (Å²) in [6.45, 7) is 6.15. The van der Waals surface area contributed by atoms with Crippen molar-refractivity contribution in [2.24, 2.45) is 0 Å². The maximum atomic E-state index is 11.4. The van der Waals surface area contributed by atoms with Crippen LogP contribution in [0.4, 0.5) is 0 Å². The molecule has 4 aromatic rings. The Morgan fingerprint density at radius 3 is 1.33 bits per heavy atom. The first-order valence-corrected chi connectivity index (χ1v) is 11.4. The van der Waals surface area contributed by atoms with Gasteiger partial charge in [0.2, 0.25) is 0 Å². The Labute approximate surface area is 195 Å². The van der Waals surface area contributed by atoms with E-state index in [1.54, 1.807) is 24.3 Å². The molecule has 3 N–H and O–H groups in total. The van der Waals surface area contributed by atoms with Crippen LogP contribution in [0.3, 0.4) is 0 Å². The van der Waals surface area contributed by atoms with Crippen molar-refractivity contribution in [1.82, 2.24) is 0 Å². The molecule has 168 valence electrons. The van der Waals surface area contributed by atoms with Crippen molar-refractivity contribution < 1.29 is 15.3 Å². The van der Waals surface area contributed by atoms with Gasteiger partial charge in [-0.15, -0.1) is 0 Å². The average molecular weight is 439 g/mol. The number of benzene rings is 4. The van der Waals surface area contributed by atoms with Gasteiger partial charge in [0.05, 0.1) is 0 Å². The van der Waals surface area contributed by atoms with Crippen molar-refractivity contribution in [3.8, 4) is 17.2 Å². The highest BCUT2D eigenvalue weighted by Gasteiger charge is 2.25. The Bertz CT molecular complexity index is 1170. The number of hydrogen-bond donors (Lipinski definition) is 3. The van der Waals surface area contributed by atoms with E-state index < -0.39 is 0 Å². The predicted molar refractivity (Wildman–Crippen MR) is 133 cm³/mol. The third-order valence-electron chi connectivity index (χ3n) is 6.73. The van der Waals surface area contributed by atoms with Crippen molar-refractivity contribution in [1.29, 1.82) is 0 Å². The lowest BCUT2D eigenvalue weighted by Crippen LogP contribution is -2.06. The minimum Gasteiger partial charge on any atom is -0.508 e. The highest BCUT2D eigenvalue weighted by Crippen LogP contribution is 2.44. The molecule has 0 aromatic heterocycles. The molecule has 0 saturated carbocycles. The third-order valence-corrected chi connectivity index (χ3v) is 6.73. The lowest BCUT2D eigenvalue weighted by atomic mass is 9.81. The van der Waals surface area contributed by atoms with E-state index in [-0.39, 0.29) is 35.0 Å². The second-order valence-corrected chi connectivity index (χ2v) is 8.74. The van der Waals surface area contributed by atoms with Crippen LogP contribution in [0.1, 0.15) is 71.9 Å². The highest BCUT2D eigenvalue weighted by molar-refractivity contribution is 5.56. The molecule has 0 bridgehead atoms. The van der Waals surface area contributed by atoms with Gasteiger partial charge in [0.25, 0.3) is 0 Å². The lowest BCUT2D eigenvalue weighted by Gasteiger charge is -2.24. The fourth-order valence-electron chi connectivity index (χ4n) is 4.59. The second-order valence-electron chi connectivity index (χ2n) is 8.74. The van der Waals surface area contributed by atoms with Crippen LogP contribution in [-0.4, -0.2) is 15.3 Å². The van der Waals surface area contributed by atoms with Crippen molar-refractivity contribution in [2.45, 2.75) is 38.5 Å². The van der Waals surface area contributed by atoms with Crippen LogP contribution in [0, 0.1) is 0 Å². The van der Waals surface area contributed by atoms with E-state index in [9.17, 15) is 15.3 Å². The van der Waals surface area contributed by atoms with Crippen molar-refractivity contribution >= 4 is 0 Å². The highest BCUT2D eigenvalue weighted by atomic mass is 16.3. The zero-order valence-electron chi connectivity index (χ0n) is 19.2. The first-order chi connectivity index (χ1) is 15.9. The van der Waals surface area contributed by atoms with Gasteiger partial charge in [-0.2, -0.15) is 0 Å². The summed E-state index contributed by atoms with van der Waals surface area (Å²) in [6, 6.07) is 28.9. The molecular weight excluding hydrogens is 408 g/mol. The van der Waals surface area contributed by atoms with Gasteiger partial charge in [0.15, 0.2) is 0 Å². The van der Waals surface area contributed by atoms with Gasteiger partial charge in [0.1, 0.15) is 17.2 Å². The number of para-hydroxylation sites is 2. The van der Waals surface area contributed by atoms with Gasteiger partial charge < -0.3 is 15.3 Å². The van der Waals surface area contributed by atoms with E-state index >= 15 is 0 Å². The van der Waals surface area contributed by atoms with Crippen LogP contribution in [0.25, 0.3) is 0 Å². The number of hydrogen-bond acceptors (Lipinski definition) is 3. The zero-order valence-corrected chi connectivity index (χ0v) is 19.2. The molecule has 0 aliphatic rings. The fourth-order valence-corrected chi connectivity index (χ4v) is 4.59. The van der Waals surface area contributed by atoms with Gasteiger partial charge in [-0.3, -0.25) is 0 Å². The fraction of sp³-hybridized carbons (Fsp3) is 0.200. The minimum absolute atomic E-state index is 0.109. The van der Waals surface area contributed by atoms with Crippen LogP contribution in [-0.2, 0) is 0 Å². The smallest absolute Gasteiger partial charge is 0.123 e. The standard InChI is InChI=1S/C30H30O3/c1-19(22-11-5-4-6-12-22)23-17-26(20(2)24-13-7-9-15-28(24)31)30(33)27(18-23)21(3)25-14-8-10-16-29(25)32/h4-21,31-33H,1-3H3. The number of phenolic OH excluding ortho intramolecular Hbond substituents is 3. The molecule has 0 aliphatic heterocycles. The molecule has 0 amide bonds. The first kappa shape index (κ1) is 22.5. The molecule has 0 fully saturated rings. The molecule has 0 radical (unpaired) electrons. The van der Waals surface area contributed by atoms with Gasteiger partial charge in [-0.1, -0.05) is 99.6 Å². The average Bonchev–Trinajstić information content (AvgIpc) is 2.84. The summed E-state index contributed by atoms with van der Waals surface area (Å²) in [4.78, 5) is 0.